The fourth-order valence-electron chi connectivity index (χ4n) is 3.44. The standard InChI is InChI=1S/C23H21O4P/c1-3-26-28(24)23-19(15-10-16-20(23)25-2)21(17-11-6-4-7-12-17)22(27-28)18-13-8-5-9-14-18/h4-16H,3H2,1-2H3. The van der Waals surface area contributed by atoms with Gasteiger partial charge in [-0.15, -0.1) is 0 Å². The minimum atomic E-state index is -3.62. The number of hydrogen-bond donors (Lipinski definition) is 0. The number of rotatable bonds is 5. The topological polar surface area (TPSA) is 44.8 Å². The summed E-state index contributed by atoms with van der Waals surface area (Å²) in [5.41, 5.74) is 3.48. The van der Waals surface area contributed by atoms with Crippen molar-refractivity contribution in [3.8, 4) is 5.75 Å². The molecular weight excluding hydrogens is 371 g/mol. The van der Waals surface area contributed by atoms with Gasteiger partial charge < -0.3 is 9.26 Å². The maximum Gasteiger partial charge on any atom is 0.415 e. The molecule has 0 amide bonds. The van der Waals surface area contributed by atoms with E-state index in [2.05, 4.69) is 0 Å². The second-order valence-electron chi connectivity index (χ2n) is 6.30. The first-order valence-electron chi connectivity index (χ1n) is 9.15. The van der Waals surface area contributed by atoms with Gasteiger partial charge in [-0.2, -0.15) is 0 Å². The Kier molecular flexibility index (Phi) is 5.08. The van der Waals surface area contributed by atoms with E-state index in [9.17, 15) is 4.57 Å². The van der Waals surface area contributed by atoms with Gasteiger partial charge in [-0.3, -0.25) is 4.52 Å². The summed E-state index contributed by atoms with van der Waals surface area (Å²) in [6.45, 7) is 2.06. The molecule has 4 rings (SSSR count). The number of fused-ring (bicyclic) bond motifs is 1. The second kappa shape index (κ2) is 7.67. The predicted molar refractivity (Wildman–Crippen MR) is 112 cm³/mol. The minimum Gasteiger partial charge on any atom is -0.496 e. The van der Waals surface area contributed by atoms with Crippen molar-refractivity contribution in [2.24, 2.45) is 0 Å². The summed E-state index contributed by atoms with van der Waals surface area (Å²) in [5.74, 6) is 1.04. The Balaban J connectivity index is 2.09. The molecule has 4 nitrogen and oxygen atoms in total. The molecule has 0 bridgehead atoms. The highest BCUT2D eigenvalue weighted by Crippen LogP contribution is 2.59. The van der Waals surface area contributed by atoms with Crippen molar-refractivity contribution in [2.75, 3.05) is 13.7 Å². The highest BCUT2D eigenvalue weighted by Gasteiger charge is 2.42. The van der Waals surface area contributed by atoms with Crippen LogP contribution < -0.4 is 10.0 Å². The van der Waals surface area contributed by atoms with Gasteiger partial charge in [0, 0.05) is 16.7 Å². The van der Waals surface area contributed by atoms with Crippen LogP contribution >= 0.6 is 7.60 Å². The highest BCUT2D eigenvalue weighted by atomic mass is 31.2. The molecule has 0 spiro atoms. The molecule has 3 aromatic carbocycles. The lowest BCUT2D eigenvalue weighted by molar-refractivity contribution is 0.278. The Hall–Kier alpha value is -2.81. The van der Waals surface area contributed by atoms with Crippen molar-refractivity contribution in [1.82, 2.24) is 0 Å². The van der Waals surface area contributed by atoms with E-state index in [1.165, 1.54) is 0 Å². The summed E-state index contributed by atoms with van der Waals surface area (Å²) < 4.78 is 31.2. The third-order valence-corrected chi connectivity index (χ3v) is 6.63. The summed E-state index contributed by atoms with van der Waals surface area (Å²) in [6.07, 6.45) is 0. The summed E-state index contributed by atoms with van der Waals surface area (Å²) in [5, 5.41) is 0.470. The molecule has 142 valence electrons. The van der Waals surface area contributed by atoms with Crippen molar-refractivity contribution in [3.05, 3.63) is 95.6 Å². The molecule has 0 radical (unpaired) electrons. The van der Waals surface area contributed by atoms with E-state index in [0.717, 1.165) is 22.3 Å². The van der Waals surface area contributed by atoms with E-state index >= 15 is 0 Å². The van der Waals surface area contributed by atoms with Crippen molar-refractivity contribution in [2.45, 2.75) is 6.92 Å². The SMILES string of the molecule is CCOP1(=O)OC(c2ccccc2)=C(c2ccccc2)c2cccc(OC)c21. The molecule has 1 aliphatic heterocycles. The molecule has 0 saturated carbocycles. The molecule has 3 aromatic rings. The van der Waals surface area contributed by atoms with Gasteiger partial charge in [-0.1, -0.05) is 72.8 Å². The molecule has 0 fully saturated rings. The molecule has 1 heterocycles. The van der Waals surface area contributed by atoms with Gasteiger partial charge in [0.25, 0.3) is 0 Å². The molecular formula is C23H21O4P. The van der Waals surface area contributed by atoms with Crippen LogP contribution in [0.2, 0.25) is 0 Å². The summed E-state index contributed by atoms with van der Waals surface area (Å²) in [4.78, 5) is 0. The number of methoxy groups -OCH3 is 1. The van der Waals surface area contributed by atoms with Crippen LogP contribution in [0.4, 0.5) is 0 Å². The Bertz CT molecular complexity index is 1060. The Labute approximate surface area is 164 Å². The lowest BCUT2D eigenvalue weighted by Crippen LogP contribution is -2.22. The average molecular weight is 392 g/mol. The fourth-order valence-corrected chi connectivity index (χ4v) is 5.41. The van der Waals surface area contributed by atoms with Gasteiger partial charge in [0.1, 0.15) is 16.8 Å². The smallest absolute Gasteiger partial charge is 0.415 e. The van der Waals surface area contributed by atoms with E-state index in [-0.39, 0.29) is 6.61 Å². The highest BCUT2D eigenvalue weighted by molar-refractivity contribution is 7.63. The quantitative estimate of drug-likeness (QED) is 0.538. The lowest BCUT2D eigenvalue weighted by atomic mass is 9.94. The monoisotopic (exact) mass is 392 g/mol. The summed E-state index contributed by atoms with van der Waals surface area (Å²) >= 11 is 0. The maximum absolute atomic E-state index is 13.8. The molecule has 0 aromatic heterocycles. The maximum atomic E-state index is 13.8. The molecule has 0 aliphatic carbocycles. The van der Waals surface area contributed by atoms with Crippen LogP contribution in [0, 0.1) is 0 Å². The lowest BCUT2D eigenvalue weighted by Gasteiger charge is -2.31. The van der Waals surface area contributed by atoms with Gasteiger partial charge in [-0.05, 0) is 18.6 Å². The molecule has 1 aliphatic rings. The second-order valence-corrected chi connectivity index (χ2v) is 8.18. The van der Waals surface area contributed by atoms with Crippen LogP contribution in [0.1, 0.15) is 23.6 Å². The van der Waals surface area contributed by atoms with Gasteiger partial charge >= 0.3 is 7.60 Å². The zero-order chi connectivity index (χ0) is 19.6. The largest absolute Gasteiger partial charge is 0.496 e. The fraction of sp³-hybridized carbons (Fsp3) is 0.130. The van der Waals surface area contributed by atoms with E-state index in [1.807, 2.05) is 72.8 Å². The van der Waals surface area contributed by atoms with Crippen molar-refractivity contribution in [1.29, 1.82) is 0 Å². The van der Waals surface area contributed by atoms with Crippen LogP contribution in [0.3, 0.4) is 0 Å². The predicted octanol–water partition coefficient (Wildman–Crippen LogP) is 5.50. The summed E-state index contributed by atoms with van der Waals surface area (Å²) in [7, 11) is -2.06. The van der Waals surface area contributed by atoms with E-state index < -0.39 is 7.60 Å². The molecule has 0 saturated heterocycles. The van der Waals surface area contributed by atoms with Crippen LogP contribution in [0.5, 0.6) is 5.75 Å². The Morgan fingerprint density at radius 2 is 1.50 bits per heavy atom. The van der Waals surface area contributed by atoms with Crippen molar-refractivity contribution < 1.29 is 18.3 Å². The van der Waals surface area contributed by atoms with Gasteiger partial charge in [0.05, 0.1) is 13.7 Å². The van der Waals surface area contributed by atoms with Gasteiger partial charge in [-0.25, -0.2) is 4.57 Å². The normalized spacial score (nSPS) is 18.4. The first-order valence-corrected chi connectivity index (χ1v) is 10.7. The molecule has 5 heteroatoms. The molecule has 1 atom stereocenters. The number of hydrogen-bond acceptors (Lipinski definition) is 4. The zero-order valence-electron chi connectivity index (χ0n) is 15.8. The van der Waals surface area contributed by atoms with Crippen molar-refractivity contribution >= 4 is 24.2 Å². The molecule has 1 unspecified atom stereocenters. The van der Waals surface area contributed by atoms with E-state index in [0.29, 0.717) is 16.8 Å². The van der Waals surface area contributed by atoms with Gasteiger partial charge in [0.2, 0.25) is 0 Å². The van der Waals surface area contributed by atoms with Crippen LogP contribution in [-0.2, 0) is 13.6 Å². The Morgan fingerprint density at radius 1 is 0.857 bits per heavy atom. The first-order chi connectivity index (χ1) is 13.7. The number of ether oxygens (including phenoxy) is 1. The van der Waals surface area contributed by atoms with E-state index in [1.54, 1.807) is 20.1 Å². The number of benzene rings is 3. The minimum absolute atomic E-state index is 0.261. The third-order valence-electron chi connectivity index (χ3n) is 4.60. The van der Waals surface area contributed by atoms with E-state index in [4.69, 9.17) is 13.8 Å². The first kappa shape index (κ1) is 18.5. The van der Waals surface area contributed by atoms with Crippen molar-refractivity contribution in [3.63, 3.8) is 0 Å². The van der Waals surface area contributed by atoms with Crippen LogP contribution in [0.15, 0.2) is 78.9 Å². The Morgan fingerprint density at radius 3 is 2.11 bits per heavy atom. The molecule has 0 N–H and O–H groups in total. The zero-order valence-corrected chi connectivity index (χ0v) is 16.7. The average Bonchev–Trinajstić information content (AvgIpc) is 2.74. The third kappa shape index (κ3) is 3.15. The van der Waals surface area contributed by atoms with Gasteiger partial charge in [0.15, 0.2) is 0 Å². The van der Waals surface area contributed by atoms with Crippen LogP contribution in [0.25, 0.3) is 11.3 Å². The molecule has 28 heavy (non-hydrogen) atoms. The van der Waals surface area contributed by atoms with Crippen LogP contribution in [-0.4, -0.2) is 13.7 Å². The summed E-state index contributed by atoms with van der Waals surface area (Å²) in [6, 6.07) is 25.3.